The second-order valence-electron chi connectivity index (χ2n) is 5.94. The number of aryl methyl sites for hydroxylation is 2. The summed E-state index contributed by atoms with van der Waals surface area (Å²) >= 11 is 0. The molecule has 0 atom stereocenters. The summed E-state index contributed by atoms with van der Waals surface area (Å²) in [6.07, 6.45) is 6.50. The molecule has 6 nitrogen and oxygen atoms in total. The standard InChI is InChI=1S/C19H30N4O2/c1-4-7-11-20-19(21-12-10-15-9-8-13-24-15)22-14-16-17(5-2)23-25-18(16)6-3/h8-9,13H,4-7,10-12,14H2,1-3H3,(H2,20,21,22). The molecule has 2 N–H and O–H groups in total. The minimum atomic E-state index is 0.581. The molecule has 0 amide bonds. The van der Waals surface area contributed by atoms with Crippen LogP contribution in [0.3, 0.4) is 0 Å². The van der Waals surface area contributed by atoms with Crippen LogP contribution in [0.2, 0.25) is 0 Å². The monoisotopic (exact) mass is 346 g/mol. The van der Waals surface area contributed by atoms with Crippen LogP contribution in [-0.2, 0) is 25.8 Å². The van der Waals surface area contributed by atoms with Gasteiger partial charge in [-0.2, -0.15) is 0 Å². The topological polar surface area (TPSA) is 75.6 Å². The lowest BCUT2D eigenvalue weighted by Gasteiger charge is -2.12. The number of nitrogens with zero attached hydrogens (tertiary/aromatic N) is 2. The summed E-state index contributed by atoms with van der Waals surface area (Å²) in [4.78, 5) is 4.74. The lowest BCUT2D eigenvalue weighted by atomic mass is 10.1. The smallest absolute Gasteiger partial charge is 0.191 e. The van der Waals surface area contributed by atoms with Gasteiger partial charge in [0.15, 0.2) is 5.96 Å². The van der Waals surface area contributed by atoms with E-state index in [1.165, 1.54) is 0 Å². The number of nitrogens with one attached hydrogen (secondary N) is 2. The van der Waals surface area contributed by atoms with Gasteiger partial charge in [-0.15, -0.1) is 0 Å². The maximum atomic E-state index is 5.42. The van der Waals surface area contributed by atoms with Gasteiger partial charge in [0.2, 0.25) is 0 Å². The molecule has 0 aliphatic rings. The molecule has 25 heavy (non-hydrogen) atoms. The quantitative estimate of drug-likeness (QED) is 0.391. The van der Waals surface area contributed by atoms with Crippen LogP contribution in [0.15, 0.2) is 32.3 Å². The van der Waals surface area contributed by atoms with Crippen molar-refractivity contribution in [2.24, 2.45) is 4.99 Å². The van der Waals surface area contributed by atoms with Gasteiger partial charge in [0, 0.05) is 31.5 Å². The Morgan fingerprint density at radius 3 is 2.68 bits per heavy atom. The summed E-state index contributed by atoms with van der Waals surface area (Å²) in [7, 11) is 0. The summed E-state index contributed by atoms with van der Waals surface area (Å²) in [5.41, 5.74) is 2.12. The van der Waals surface area contributed by atoms with Crippen LogP contribution >= 0.6 is 0 Å². The zero-order valence-corrected chi connectivity index (χ0v) is 15.6. The summed E-state index contributed by atoms with van der Waals surface area (Å²) in [6, 6.07) is 3.90. The van der Waals surface area contributed by atoms with E-state index in [1.54, 1.807) is 6.26 Å². The fourth-order valence-electron chi connectivity index (χ4n) is 2.59. The predicted molar refractivity (Wildman–Crippen MR) is 99.7 cm³/mol. The first kappa shape index (κ1) is 19.1. The number of hydrogen-bond donors (Lipinski definition) is 2. The largest absolute Gasteiger partial charge is 0.469 e. The Labute approximate surface area is 150 Å². The highest BCUT2D eigenvalue weighted by Gasteiger charge is 2.13. The second kappa shape index (κ2) is 10.6. The Bertz CT molecular complexity index is 610. The van der Waals surface area contributed by atoms with Gasteiger partial charge in [0.05, 0.1) is 18.5 Å². The van der Waals surface area contributed by atoms with Crippen molar-refractivity contribution in [3.05, 3.63) is 41.2 Å². The first-order chi connectivity index (χ1) is 12.3. The molecule has 0 aliphatic carbocycles. The second-order valence-corrected chi connectivity index (χ2v) is 5.94. The van der Waals surface area contributed by atoms with E-state index in [2.05, 4.69) is 36.6 Å². The molecule has 6 heteroatoms. The molecule has 0 bridgehead atoms. The maximum Gasteiger partial charge on any atom is 0.191 e. The molecule has 0 unspecified atom stereocenters. The Balaban J connectivity index is 1.97. The van der Waals surface area contributed by atoms with Crippen molar-refractivity contribution in [1.29, 1.82) is 0 Å². The highest BCUT2D eigenvalue weighted by molar-refractivity contribution is 5.79. The van der Waals surface area contributed by atoms with E-state index < -0.39 is 0 Å². The number of aromatic nitrogens is 1. The molecule has 0 saturated heterocycles. The van der Waals surface area contributed by atoms with E-state index >= 15 is 0 Å². The normalized spacial score (nSPS) is 11.7. The van der Waals surface area contributed by atoms with E-state index in [-0.39, 0.29) is 0 Å². The van der Waals surface area contributed by atoms with Crippen LogP contribution in [-0.4, -0.2) is 24.2 Å². The number of furan rings is 1. The SMILES string of the molecule is CCCCNC(=NCc1c(CC)noc1CC)NCCc1ccco1. The van der Waals surface area contributed by atoms with Gasteiger partial charge in [0.1, 0.15) is 11.5 Å². The fourth-order valence-corrected chi connectivity index (χ4v) is 2.59. The fraction of sp³-hybridized carbons (Fsp3) is 0.579. The highest BCUT2D eigenvalue weighted by Crippen LogP contribution is 2.16. The Hall–Kier alpha value is -2.24. The highest BCUT2D eigenvalue weighted by atomic mass is 16.5. The number of unbranched alkanes of at least 4 members (excludes halogenated alkanes) is 1. The predicted octanol–water partition coefficient (Wildman–Crippen LogP) is 3.47. The van der Waals surface area contributed by atoms with Crippen LogP contribution < -0.4 is 10.6 Å². The first-order valence-electron chi connectivity index (χ1n) is 9.29. The van der Waals surface area contributed by atoms with E-state index in [0.29, 0.717) is 6.54 Å². The Kier molecular flexibility index (Phi) is 8.09. The van der Waals surface area contributed by atoms with Gasteiger partial charge in [0.25, 0.3) is 0 Å². The average molecular weight is 346 g/mol. The van der Waals surface area contributed by atoms with Gasteiger partial charge >= 0.3 is 0 Å². The number of guanidine groups is 1. The van der Waals surface area contributed by atoms with Crippen LogP contribution in [0.25, 0.3) is 0 Å². The maximum absolute atomic E-state index is 5.42. The van der Waals surface area contributed by atoms with Gasteiger partial charge in [-0.1, -0.05) is 32.3 Å². The van der Waals surface area contributed by atoms with Crippen molar-refractivity contribution in [2.45, 2.75) is 59.4 Å². The van der Waals surface area contributed by atoms with Crippen LogP contribution in [0.4, 0.5) is 0 Å². The Morgan fingerprint density at radius 1 is 1.16 bits per heavy atom. The van der Waals surface area contributed by atoms with E-state index in [9.17, 15) is 0 Å². The minimum absolute atomic E-state index is 0.581. The van der Waals surface area contributed by atoms with E-state index in [0.717, 1.165) is 73.9 Å². The first-order valence-corrected chi connectivity index (χ1v) is 9.29. The minimum Gasteiger partial charge on any atom is -0.469 e. The number of aliphatic imine (C=N–C) groups is 1. The molecular formula is C19H30N4O2. The van der Waals surface area contributed by atoms with Gasteiger partial charge in [-0.25, -0.2) is 4.99 Å². The van der Waals surface area contributed by atoms with Crippen molar-refractivity contribution in [3.8, 4) is 0 Å². The Morgan fingerprint density at radius 2 is 2.00 bits per heavy atom. The van der Waals surface area contributed by atoms with Crippen molar-refractivity contribution in [2.75, 3.05) is 13.1 Å². The lowest BCUT2D eigenvalue weighted by molar-refractivity contribution is 0.380. The van der Waals surface area contributed by atoms with E-state index in [1.807, 2.05) is 12.1 Å². The van der Waals surface area contributed by atoms with Crippen molar-refractivity contribution in [3.63, 3.8) is 0 Å². The van der Waals surface area contributed by atoms with Crippen LogP contribution in [0.1, 0.15) is 56.4 Å². The summed E-state index contributed by atoms with van der Waals surface area (Å²) in [6.45, 7) is 8.62. The van der Waals surface area contributed by atoms with Crippen molar-refractivity contribution in [1.82, 2.24) is 15.8 Å². The molecule has 2 heterocycles. The van der Waals surface area contributed by atoms with Gasteiger partial charge < -0.3 is 19.6 Å². The molecule has 0 aliphatic heterocycles. The third-order valence-electron chi connectivity index (χ3n) is 4.07. The summed E-state index contributed by atoms with van der Waals surface area (Å²) < 4.78 is 10.8. The summed E-state index contributed by atoms with van der Waals surface area (Å²) in [5, 5.41) is 10.9. The molecule has 0 radical (unpaired) electrons. The average Bonchev–Trinajstić information content (AvgIpc) is 3.28. The molecule has 2 aromatic heterocycles. The molecular weight excluding hydrogens is 316 g/mol. The molecule has 0 spiro atoms. The molecule has 0 saturated carbocycles. The third kappa shape index (κ3) is 5.96. The molecule has 2 aromatic rings. The number of hydrogen-bond acceptors (Lipinski definition) is 4. The van der Waals surface area contributed by atoms with Crippen molar-refractivity contribution < 1.29 is 8.94 Å². The van der Waals surface area contributed by atoms with Gasteiger partial charge in [-0.05, 0) is 25.0 Å². The van der Waals surface area contributed by atoms with Crippen LogP contribution in [0.5, 0.6) is 0 Å². The molecule has 138 valence electrons. The molecule has 0 aromatic carbocycles. The van der Waals surface area contributed by atoms with Gasteiger partial charge in [-0.3, -0.25) is 0 Å². The lowest BCUT2D eigenvalue weighted by Crippen LogP contribution is -2.39. The van der Waals surface area contributed by atoms with E-state index in [4.69, 9.17) is 13.9 Å². The number of rotatable bonds is 10. The molecule has 0 fully saturated rings. The van der Waals surface area contributed by atoms with Crippen molar-refractivity contribution >= 4 is 5.96 Å². The zero-order chi connectivity index (χ0) is 17.9. The zero-order valence-electron chi connectivity index (χ0n) is 15.6. The van der Waals surface area contributed by atoms with Crippen LogP contribution in [0, 0.1) is 0 Å². The third-order valence-corrected chi connectivity index (χ3v) is 4.07. The summed E-state index contributed by atoms with van der Waals surface area (Å²) in [5.74, 6) is 2.73. The molecule has 2 rings (SSSR count).